The summed E-state index contributed by atoms with van der Waals surface area (Å²) in [5.41, 5.74) is 2.14. The molecule has 19 heavy (non-hydrogen) atoms. The maximum absolute atomic E-state index is 5.60. The molecule has 1 aromatic heterocycles. The van der Waals surface area contributed by atoms with Crippen LogP contribution >= 0.6 is 0 Å². The highest BCUT2D eigenvalue weighted by Crippen LogP contribution is 2.19. The molecule has 0 spiro atoms. The molecule has 1 saturated heterocycles. The minimum absolute atomic E-state index is 0.335. The third-order valence-electron chi connectivity index (χ3n) is 3.35. The van der Waals surface area contributed by atoms with E-state index in [0.717, 1.165) is 36.6 Å². The van der Waals surface area contributed by atoms with E-state index in [1.165, 1.54) is 6.42 Å². The van der Waals surface area contributed by atoms with Gasteiger partial charge in [-0.1, -0.05) is 36.4 Å². The molecule has 0 aliphatic carbocycles. The van der Waals surface area contributed by atoms with Crippen LogP contribution in [-0.4, -0.2) is 24.2 Å². The van der Waals surface area contributed by atoms with Crippen LogP contribution in [0.5, 0.6) is 0 Å². The number of hydrogen-bond donors (Lipinski definition) is 1. The van der Waals surface area contributed by atoms with Crippen LogP contribution in [0, 0.1) is 0 Å². The molecule has 0 bridgehead atoms. The van der Waals surface area contributed by atoms with Crippen molar-refractivity contribution in [1.82, 2.24) is 4.98 Å². The number of pyridine rings is 1. The third kappa shape index (κ3) is 3.12. The van der Waals surface area contributed by atoms with Gasteiger partial charge in [0.1, 0.15) is 5.82 Å². The van der Waals surface area contributed by atoms with Gasteiger partial charge in [-0.15, -0.1) is 0 Å². The molecule has 1 aromatic carbocycles. The Bertz CT molecular complexity index is 521. The van der Waals surface area contributed by atoms with E-state index in [1.54, 1.807) is 0 Å². The van der Waals surface area contributed by atoms with E-state index >= 15 is 0 Å². The van der Waals surface area contributed by atoms with E-state index in [1.807, 2.05) is 36.4 Å². The Hall–Kier alpha value is -1.87. The maximum atomic E-state index is 5.60. The van der Waals surface area contributed by atoms with E-state index in [0.29, 0.717) is 6.10 Å². The van der Waals surface area contributed by atoms with Gasteiger partial charge in [-0.05, 0) is 25.0 Å². The average Bonchev–Trinajstić information content (AvgIpc) is 3.00. The van der Waals surface area contributed by atoms with Gasteiger partial charge in [0, 0.05) is 18.7 Å². The minimum Gasteiger partial charge on any atom is -0.376 e. The summed E-state index contributed by atoms with van der Waals surface area (Å²) in [4.78, 5) is 4.64. The molecular formula is C16H18N2O. The average molecular weight is 254 g/mol. The van der Waals surface area contributed by atoms with Crippen molar-refractivity contribution in [2.45, 2.75) is 18.9 Å². The van der Waals surface area contributed by atoms with Crippen LogP contribution in [0.3, 0.4) is 0 Å². The van der Waals surface area contributed by atoms with Crippen LogP contribution in [0.1, 0.15) is 12.8 Å². The lowest BCUT2D eigenvalue weighted by Gasteiger charge is -2.12. The summed E-state index contributed by atoms with van der Waals surface area (Å²) in [6.45, 7) is 1.73. The van der Waals surface area contributed by atoms with Crippen molar-refractivity contribution >= 4 is 5.82 Å². The Morgan fingerprint density at radius 1 is 1.11 bits per heavy atom. The van der Waals surface area contributed by atoms with Crippen LogP contribution in [0.2, 0.25) is 0 Å². The van der Waals surface area contributed by atoms with Gasteiger partial charge in [-0.25, -0.2) is 4.98 Å². The smallest absolute Gasteiger partial charge is 0.126 e. The first kappa shape index (κ1) is 12.2. The minimum atomic E-state index is 0.335. The van der Waals surface area contributed by atoms with Crippen LogP contribution in [0.4, 0.5) is 5.82 Å². The first-order valence-electron chi connectivity index (χ1n) is 6.80. The van der Waals surface area contributed by atoms with Gasteiger partial charge in [-0.3, -0.25) is 0 Å². The molecule has 0 amide bonds. The lowest BCUT2D eigenvalue weighted by Crippen LogP contribution is -2.18. The summed E-state index contributed by atoms with van der Waals surface area (Å²) in [5, 5.41) is 3.36. The van der Waals surface area contributed by atoms with Gasteiger partial charge < -0.3 is 10.1 Å². The molecule has 1 aliphatic heterocycles. The zero-order valence-electron chi connectivity index (χ0n) is 10.9. The quantitative estimate of drug-likeness (QED) is 0.908. The summed E-state index contributed by atoms with van der Waals surface area (Å²) in [5.74, 6) is 0.914. The standard InChI is InChI=1S/C16H18N2O/c1-2-6-13(7-3-1)15-9-4-10-16(18-15)17-12-14-8-5-11-19-14/h1-4,6-7,9-10,14H,5,8,11-12H2,(H,17,18). The van der Waals surface area contributed by atoms with Crippen molar-refractivity contribution in [1.29, 1.82) is 0 Å². The fraction of sp³-hybridized carbons (Fsp3) is 0.312. The molecule has 3 rings (SSSR count). The number of anilines is 1. The summed E-state index contributed by atoms with van der Waals surface area (Å²) >= 11 is 0. The first-order chi connectivity index (χ1) is 9.42. The molecule has 98 valence electrons. The van der Waals surface area contributed by atoms with E-state index in [2.05, 4.69) is 22.4 Å². The lowest BCUT2D eigenvalue weighted by atomic mass is 10.1. The predicted octanol–water partition coefficient (Wildman–Crippen LogP) is 3.34. The molecule has 1 unspecified atom stereocenters. The summed E-state index contributed by atoms with van der Waals surface area (Å²) in [7, 11) is 0. The van der Waals surface area contributed by atoms with Crippen LogP contribution < -0.4 is 5.32 Å². The third-order valence-corrected chi connectivity index (χ3v) is 3.35. The summed E-state index contributed by atoms with van der Waals surface area (Å²) in [6, 6.07) is 16.3. The summed E-state index contributed by atoms with van der Waals surface area (Å²) < 4.78 is 5.60. The Morgan fingerprint density at radius 2 is 2.00 bits per heavy atom. The largest absolute Gasteiger partial charge is 0.376 e. The van der Waals surface area contributed by atoms with E-state index in [-0.39, 0.29) is 0 Å². The number of nitrogens with zero attached hydrogens (tertiary/aromatic N) is 1. The molecule has 3 heteroatoms. The van der Waals surface area contributed by atoms with E-state index in [9.17, 15) is 0 Å². The molecule has 2 heterocycles. The van der Waals surface area contributed by atoms with E-state index in [4.69, 9.17) is 4.74 Å². The predicted molar refractivity (Wildman–Crippen MR) is 77.1 cm³/mol. The highest BCUT2D eigenvalue weighted by Gasteiger charge is 2.14. The number of rotatable bonds is 4. The molecule has 2 aromatic rings. The van der Waals surface area contributed by atoms with Crippen LogP contribution in [0.15, 0.2) is 48.5 Å². The van der Waals surface area contributed by atoms with Crippen molar-refractivity contribution < 1.29 is 4.74 Å². The second kappa shape index (κ2) is 5.85. The molecule has 1 aliphatic rings. The number of hydrogen-bond acceptors (Lipinski definition) is 3. The second-order valence-corrected chi connectivity index (χ2v) is 4.79. The molecule has 1 atom stereocenters. The molecule has 0 radical (unpaired) electrons. The molecule has 0 saturated carbocycles. The van der Waals surface area contributed by atoms with Gasteiger partial charge in [0.15, 0.2) is 0 Å². The van der Waals surface area contributed by atoms with Crippen molar-refractivity contribution in [3.8, 4) is 11.3 Å². The molecular weight excluding hydrogens is 236 g/mol. The van der Waals surface area contributed by atoms with Gasteiger partial charge >= 0.3 is 0 Å². The highest BCUT2D eigenvalue weighted by atomic mass is 16.5. The Labute approximate surface area is 113 Å². The Morgan fingerprint density at radius 3 is 2.79 bits per heavy atom. The van der Waals surface area contributed by atoms with Gasteiger partial charge in [0.2, 0.25) is 0 Å². The van der Waals surface area contributed by atoms with Crippen molar-refractivity contribution in [2.24, 2.45) is 0 Å². The van der Waals surface area contributed by atoms with E-state index < -0.39 is 0 Å². The number of aromatic nitrogens is 1. The Balaban J connectivity index is 1.69. The van der Waals surface area contributed by atoms with Gasteiger partial charge in [-0.2, -0.15) is 0 Å². The molecule has 3 nitrogen and oxygen atoms in total. The SMILES string of the molecule is c1ccc(-c2cccc(NCC3CCCO3)n2)cc1. The first-order valence-corrected chi connectivity index (χ1v) is 6.80. The van der Waals surface area contributed by atoms with Crippen molar-refractivity contribution in [3.05, 3.63) is 48.5 Å². The van der Waals surface area contributed by atoms with Crippen LogP contribution in [0.25, 0.3) is 11.3 Å². The Kier molecular flexibility index (Phi) is 3.75. The summed E-state index contributed by atoms with van der Waals surface area (Å²) in [6.07, 6.45) is 2.65. The van der Waals surface area contributed by atoms with Crippen molar-refractivity contribution in [2.75, 3.05) is 18.5 Å². The fourth-order valence-electron chi connectivity index (χ4n) is 2.33. The van der Waals surface area contributed by atoms with Crippen LogP contribution in [-0.2, 0) is 4.74 Å². The monoisotopic (exact) mass is 254 g/mol. The number of ether oxygens (including phenoxy) is 1. The lowest BCUT2D eigenvalue weighted by molar-refractivity contribution is 0.120. The molecule has 1 N–H and O–H groups in total. The second-order valence-electron chi connectivity index (χ2n) is 4.79. The number of benzene rings is 1. The zero-order chi connectivity index (χ0) is 12.9. The fourth-order valence-corrected chi connectivity index (χ4v) is 2.33. The molecule has 1 fully saturated rings. The van der Waals surface area contributed by atoms with Gasteiger partial charge in [0.25, 0.3) is 0 Å². The normalized spacial score (nSPS) is 18.4. The highest BCUT2D eigenvalue weighted by molar-refractivity contribution is 5.60. The number of nitrogens with one attached hydrogen (secondary N) is 1. The van der Waals surface area contributed by atoms with Gasteiger partial charge in [0.05, 0.1) is 11.8 Å². The topological polar surface area (TPSA) is 34.1 Å². The van der Waals surface area contributed by atoms with Crippen molar-refractivity contribution in [3.63, 3.8) is 0 Å². The zero-order valence-corrected chi connectivity index (χ0v) is 10.9. The maximum Gasteiger partial charge on any atom is 0.126 e.